The van der Waals surface area contributed by atoms with Crippen LogP contribution in [0, 0.1) is 0 Å². The normalized spacial score (nSPS) is 10.8. The van der Waals surface area contributed by atoms with Crippen molar-refractivity contribution < 1.29 is 14.3 Å². The van der Waals surface area contributed by atoms with Crippen LogP contribution in [0.25, 0.3) is 33.8 Å². The molecule has 0 aliphatic rings. The van der Waals surface area contributed by atoms with Crippen molar-refractivity contribution in [2.75, 3.05) is 0 Å². The van der Waals surface area contributed by atoms with Gasteiger partial charge >= 0.3 is 5.97 Å². The van der Waals surface area contributed by atoms with Crippen molar-refractivity contribution in [3.8, 4) is 22.9 Å². The Kier molecular flexibility index (Phi) is 3.28. The molecule has 0 aliphatic carbocycles. The second kappa shape index (κ2) is 5.58. The van der Waals surface area contributed by atoms with E-state index < -0.39 is 5.97 Å². The Morgan fingerprint density at radius 3 is 2.50 bits per heavy atom. The summed E-state index contributed by atoms with van der Waals surface area (Å²) in [5.41, 5.74) is 2.40. The smallest absolute Gasteiger partial charge is 0.335 e. The Morgan fingerprint density at radius 1 is 0.917 bits per heavy atom. The highest BCUT2D eigenvalue weighted by Crippen LogP contribution is 2.26. The first-order valence-electron chi connectivity index (χ1n) is 7.23. The van der Waals surface area contributed by atoms with Crippen LogP contribution in [0.3, 0.4) is 0 Å². The summed E-state index contributed by atoms with van der Waals surface area (Å²) in [4.78, 5) is 15.3. The number of aromatic nitrogens is 3. The monoisotopic (exact) mass is 317 g/mol. The van der Waals surface area contributed by atoms with Crippen LogP contribution >= 0.6 is 0 Å². The minimum Gasteiger partial charge on any atom is -0.478 e. The quantitative estimate of drug-likeness (QED) is 0.620. The first-order chi connectivity index (χ1) is 11.7. The third-order valence-corrected chi connectivity index (χ3v) is 3.63. The molecule has 0 spiro atoms. The first kappa shape index (κ1) is 14.1. The van der Waals surface area contributed by atoms with Crippen molar-refractivity contribution in [3.63, 3.8) is 0 Å². The second-order valence-corrected chi connectivity index (χ2v) is 5.21. The van der Waals surface area contributed by atoms with E-state index in [1.165, 1.54) is 12.1 Å². The highest BCUT2D eigenvalue weighted by molar-refractivity contribution is 5.89. The summed E-state index contributed by atoms with van der Waals surface area (Å²) >= 11 is 0. The van der Waals surface area contributed by atoms with Gasteiger partial charge in [0.2, 0.25) is 11.8 Å². The number of hydrogen-bond acceptors (Lipinski definition) is 5. The molecule has 24 heavy (non-hydrogen) atoms. The maximum atomic E-state index is 11.1. The van der Waals surface area contributed by atoms with Gasteiger partial charge in [0, 0.05) is 22.7 Å². The molecule has 0 fully saturated rings. The second-order valence-electron chi connectivity index (χ2n) is 5.21. The fourth-order valence-electron chi connectivity index (χ4n) is 2.45. The van der Waals surface area contributed by atoms with E-state index in [1.54, 1.807) is 18.3 Å². The molecule has 0 aliphatic heterocycles. The van der Waals surface area contributed by atoms with Crippen LogP contribution < -0.4 is 0 Å². The Morgan fingerprint density at radius 2 is 1.71 bits per heavy atom. The van der Waals surface area contributed by atoms with Crippen molar-refractivity contribution in [3.05, 3.63) is 66.4 Å². The van der Waals surface area contributed by atoms with Crippen molar-refractivity contribution in [2.45, 2.75) is 0 Å². The molecule has 6 heteroatoms. The summed E-state index contributed by atoms with van der Waals surface area (Å²) < 4.78 is 5.70. The highest BCUT2D eigenvalue weighted by Gasteiger charge is 2.13. The van der Waals surface area contributed by atoms with Gasteiger partial charge in [0.1, 0.15) is 0 Å². The number of pyridine rings is 1. The van der Waals surface area contributed by atoms with Gasteiger partial charge in [0.05, 0.1) is 11.1 Å². The van der Waals surface area contributed by atoms with E-state index in [0.717, 1.165) is 16.5 Å². The third-order valence-electron chi connectivity index (χ3n) is 3.63. The lowest BCUT2D eigenvalue weighted by molar-refractivity contribution is 0.0697. The number of rotatable bonds is 3. The Labute approximate surface area is 136 Å². The maximum Gasteiger partial charge on any atom is 0.335 e. The lowest BCUT2D eigenvalue weighted by atomic mass is 10.1. The van der Waals surface area contributed by atoms with Gasteiger partial charge in [0.15, 0.2) is 0 Å². The van der Waals surface area contributed by atoms with Gasteiger partial charge in [0.25, 0.3) is 0 Å². The molecule has 4 aromatic rings. The predicted octanol–water partition coefficient (Wildman–Crippen LogP) is 3.65. The predicted molar refractivity (Wildman–Crippen MR) is 87.4 cm³/mol. The van der Waals surface area contributed by atoms with E-state index >= 15 is 0 Å². The molecule has 2 aromatic heterocycles. The molecule has 0 atom stereocenters. The SMILES string of the molecule is O=C(O)c1cccc(-c2nnc(-c3ccc4ncccc4c3)o2)c1. The zero-order valence-electron chi connectivity index (χ0n) is 12.4. The summed E-state index contributed by atoms with van der Waals surface area (Å²) in [6.07, 6.45) is 1.74. The van der Waals surface area contributed by atoms with Gasteiger partial charge in [-0.3, -0.25) is 4.98 Å². The molecule has 0 unspecified atom stereocenters. The van der Waals surface area contributed by atoms with Gasteiger partial charge in [-0.2, -0.15) is 0 Å². The third kappa shape index (κ3) is 2.50. The Bertz CT molecular complexity index is 1060. The van der Waals surface area contributed by atoms with Gasteiger partial charge in [-0.15, -0.1) is 10.2 Å². The number of fused-ring (bicyclic) bond motifs is 1. The summed E-state index contributed by atoms with van der Waals surface area (Å²) in [7, 11) is 0. The van der Waals surface area contributed by atoms with Gasteiger partial charge < -0.3 is 9.52 Å². The first-order valence-corrected chi connectivity index (χ1v) is 7.23. The lowest BCUT2D eigenvalue weighted by Crippen LogP contribution is -1.95. The number of aromatic carboxylic acids is 1. The fourth-order valence-corrected chi connectivity index (χ4v) is 2.45. The van der Waals surface area contributed by atoms with Gasteiger partial charge in [-0.1, -0.05) is 12.1 Å². The molecule has 4 rings (SSSR count). The molecule has 0 saturated carbocycles. The van der Waals surface area contributed by atoms with E-state index in [-0.39, 0.29) is 11.5 Å². The summed E-state index contributed by atoms with van der Waals surface area (Å²) in [5, 5.41) is 18.1. The molecule has 6 nitrogen and oxygen atoms in total. The van der Waals surface area contributed by atoms with Crippen LogP contribution in [0.1, 0.15) is 10.4 Å². The Hall–Kier alpha value is -3.54. The van der Waals surface area contributed by atoms with Gasteiger partial charge in [-0.25, -0.2) is 4.79 Å². The van der Waals surface area contributed by atoms with Gasteiger partial charge in [-0.05, 0) is 42.5 Å². The molecular weight excluding hydrogens is 306 g/mol. The fraction of sp³-hybridized carbons (Fsp3) is 0. The summed E-state index contributed by atoms with van der Waals surface area (Å²) in [6.45, 7) is 0. The average molecular weight is 317 g/mol. The van der Waals surface area contributed by atoms with Crippen LogP contribution in [0.4, 0.5) is 0 Å². The molecule has 0 amide bonds. The highest BCUT2D eigenvalue weighted by atomic mass is 16.4. The molecule has 2 heterocycles. The summed E-state index contributed by atoms with van der Waals surface area (Å²) in [5.74, 6) is -0.352. The molecule has 0 saturated heterocycles. The number of carboxylic acids is 1. The van der Waals surface area contributed by atoms with Crippen molar-refractivity contribution in [1.82, 2.24) is 15.2 Å². The topological polar surface area (TPSA) is 89.1 Å². The minimum atomic E-state index is -1.00. The molecule has 0 radical (unpaired) electrons. The molecule has 116 valence electrons. The molecule has 2 aromatic carbocycles. The van der Waals surface area contributed by atoms with E-state index in [4.69, 9.17) is 9.52 Å². The number of carboxylic acid groups (broad SMARTS) is 1. The van der Waals surface area contributed by atoms with Crippen LogP contribution in [-0.4, -0.2) is 26.3 Å². The van der Waals surface area contributed by atoms with E-state index in [0.29, 0.717) is 11.5 Å². The number of hydrogen-bond donors (Lipinski definition) is 1. The van der Waals surface area contributed by atoms with E-state index in [2.05, 4.69) is 15.2 Å². The largest absolute Gasteiger partial charge is 0.478 e. The zero-order chi connectivity index (χ0) is 16.5. The van der Waals surface area contributed by atoms with Crippen LogP contribution in [0.2, 0.25) is 0 Å². The lowest BCUT2D eigenvalue weighted by Gasteiger charge is -1.99. The number of benzene rings is 2. The van der Waals surface area contributed by atoms with Crippen molar-refractivity contribution in [2.24, 2.45) is 0 Å². The zero-order valence-corrected chi connectivity index (χ0v) is 12.4. The maximum absolute atomic E-state index is 11.1. The van der Waals surface area contributed by atoms with Crippen molar-refractivity contribution in [1.29, 1.82) is 0 Å². The Balaban J connectivity index is 1.73. The van der Waals surface area contributed by atoms with E-state index in [9.17, 15) is 4.79 Å². The van der Waals surface area contributed by atoms with E-state index in [1.807, 2.05) is 30.3 Å². The molecule has 1 N–H and O–H groups in total. The molecule has 0 bridgehead atoms. The number of carbonyl (C=O) groups is 1. The minimum absolute atomic E-state index is 0.170. The standard InChI is InChI=1S/C18H11N3O3/c22-18(23)14-4-1-3-12(10-14)16-20-21-17(24-16)13-6-7-15-11(9-13)5-2-8-19-15/h1-10H,(H,22,23). The molecular formula is C18H11N3O3. The van der Waals surface area contributed by atoms with Crippen LogP contribution in [-0.2, 0) is 0 Å². The average Bonchev–Trinajstić information content (AvgIpc) is 3.11. The van der Waals surface area contributed by atoms with Crippen LogP contribution in [0.15, 0.2) is 65.2 Å². The number of nitrogens with zero attached hydrogens (tertiary/aromatic N) is 3. The van der Waals surface area contributed by atoms with Crippen LogP contribution in [0.5, 0.6) is 0 Å². The summed E-state index contributed by atoms with van der Waals surface area (Å²) in [6, 6.07) is 15.9. The van der Waals surface area contributed by atoms with Crippen molar-refractivity contribution >= 4 is 16.9 Å².